The number of methoxy groups -OCH3 is 1. The van der Waals surface area contributed by atoms with E-state index >= 15 is 0 Å². The summed E-state index contributed by atoms with van der Waals surface area (Å²) in [7, 11) is 1.42. The molecule has 8 heteroatoms. The van der Waals surface area contributed by atoms with Crippen LogP contribution in [-0.4, -0.2) is 22.1 Å². The maximum absolute atomic E-state index is 12.4. The maximum atomic E-state index is 12.4. The van der Waals surface area contributed by atoms with E-state index in [-0.39, 0.29) is 17.4 Å². The fourth-order valence-electron chi connectivity index (χ4n) is 1.29. The first-order chi connectivity index (χ1) is 8.41. The topological polar surface area (TPSA) is 50.8 Å². The Morgan fingerprint density at radius 1 is 1.33 bits per heavy atom. The summed E-state index contributed by atoms with van der Waals surface area (Å²) in [6.45, 7) is 0. The lowest BCUT2D eigenvalue weighted by Crippen LogP contribution is -2.04. The summed E-state index contributed by atoms with van der Waals surface area (Å²) in [5, 5.41) is 0. The van der Waals surface area contributed by atoms with E-state index in [0.29, 0.717) is 4.47 Å². The van der Waals surface area contributed by atoms with Crippen LogP contribution in [-0.2, 0) is 6.18 Å². The number of nitrogens with zero attached hydrogens (tertiary/aromatic N) is 2. The van der Waals surface area contributed by atoms with Crippen LogP contribution in [0.15, 0.2) is 22.8 Å². The number of H-pyrrole nitrogens is 1. The lowest BCUT2D eigenvalue weighted by molar-refractivity contribution is -0.140. The van der Waals surface area contributed by atoms with Gasteiger partial charge in [0, 0.05) is 0 Å². The minimum Gasteiger partial charge on any atom is -0.480 e. The van der Waals surface area contributed by atoms with Gasteiger partial charge in [-0.25, -0.2) is 9.97 Å². The van der Waals surface area contributed by atoms with Gasteiger partial charge in [0.25, 0.3) is 0 Å². The van der Waals surface area contributed by atoms with Crippen molar-refractivity contribution in [2.75, 3.05) is 7.11 Å². The molecule has 0 aliphatic heterocycles. The molecule has 0 atom stereocenters. The lowest BCUT2D eigenvalue weighted by Gasteiger charge is -2.04. The summed E-state index contributed by atoms with van der Waals surface area (Å²) >= 11 is 3.20. The molecule has 0 aromatic carbocycles. The van der Waals surface area contributed by atoms with E-state index in [4.69, 9.17) is 4.74 Å². The van der Waals surface area contributed by atoms with Crippen LogP contribution in [0, 0.1) is 0 Å². The van der Waals surface area contributed by atoms with Crippen molar-refractivity contribution in [3.8, 4) is 17.4 Å². The van der Waals surface area contributed by atoms with Gasteiger partial charge in [-0.15, -0.1) is 0 Å². The predicted molar refractivity (Wildman–Crippen MR) is 61.1 cm³/mol. The number of nitrogens with one attached hydrogen (secondary N) is 1. The Balaban J connectivity index is 2.40. The summed E-state index contributed by atoms with van der Waals surface area (Å²) in [6.07, 6.45) is -3.73. The highest BCUT2D eigenvalue weighted by molar-refractivity contribution is 9.10. The van der Waals surface area contributed by atoms with Gasteiger partial charge in [0.2, 0.25) is 5.88 Å². The van der Waals surface area contributed by atoms with Crippen molar-refractivity contribution in [3.05, 3.63) is 28.5 Å². The fraction of sp³-hybridized carbons (Fsp3) is 0.200. The molecule has 2 aromatic rings. The SMILES string of the molecule is COc1nc(-c2ncc(C(F)(F)F)[nH]2)ccc1Br. The van der Waals surface area contributed by atoms with Crippen molar-refractivity contribution >= 4 is 15.9 Å². The quantitative estimate of drug-likeness (QED) is 0.923. The Kier molecular flexibility index (Phi) is 3.29. The first-order valence-electron chi connectivity index (χ1n) is 4.75. The molecular formula is C10H7BrF3N3O. The number of hydrogen-bond donors (Lipinski definition) is 1. The minimum atomic E-state index is -4.45. The van der Waals surface area contributed by atoms with E-state index in [1.165, 1.54) is 13.2 Å². The van der Waals surface area contributed by atoms with Gasteiger partial charge in [0.1, 0.15) is 11.4 Å². The van der Waals surface area contributed by atoms with Crippen LogP contribution in [0.4, 0.5) is 13.2 Å². The van der Waals surface area contributed by atoms with Gasteiger partial charge in [-0.1, -0.05) is 0 Å². The smallest absolute Gasteiger partial charge is 0.432 e. The van der Waals surface area contributed by atoms with Crippen molar-refractivity contribution in [3.63, 3.8) is 0 Å². The van der Waals surface area contributed by atoms with E-state index in [2.05, 4.69) is 30.9 Å². The second-order valence-electron chi connectivity index (χ2n) is 3.33. The van der Waals surface area contributed by atoms with Crippen molar-refractivity contribution in [2.24, 2.45) is 0 Å². The van der Waals surface area contributed by atoms with Crippen LogP contribution in [0.5, 0.6) is 5.88 Å². The molecule has 2 heterocycles. The average molecular weight is 322 g/mol. The summed E-state index contributed by atoms with van der Waals surface area (Å²) < 4.78 is 42.8. The molecule has 0 saturated carbocycles. The lowest BCUT2D eigenvalue weighted by atomic mass is 10.3. The Bertz CT molecular complexity index is 568. The zero-order valence-electron chi connectivity index (χ0n) is 9.05. The summed E-state index contributed by atoms with van der Waals surface area (Å²) in [5.74, 6) is 0.311. The van der Waals surface area contributed by atoms with Gasteiger partial charge < -0.3 is 9.72 Å². The van der Waals surface area contributed by atoms with Crippen molar-refractivity contribution in [1.29, 1.82) is 0 Å². The number of aromatic nitrogens is 3. The Hall–Kier alpha value is -1.57. The van der Waals surface area contributed by atoms with Crippen LogP contribution >= 0.6 is 15.9 Å². The zero-order chi connectivity index (χ0) is 13.3. The highest BCUT2D eigenvalue weighted by atomic mass is 79.9. The second kappa shape index (κ2) is 4.60. The van der Waals surface area contributed by atoms with Crippen LogP contribution < -0.4 is 4.74 Å². The number of rotatable bonds is 2. The molecule has 1 N–H and O–H groups in total. The molecule has 0 radical (unpaired) electrons. The maximum Gasteiger partial charge on any atom is 0.432 e. The van der Waals surface area contributed by atoms with Crippen molar-refractivity contribution < 1.29 is 17.9 Å². The van der Waals surface area contributed by atoms with Gasteiger partial charge in [0.15, 0.2) is 5.82 Å². The van der Waals surface area contributed by atoms with Gasteiger partial charge in [0.05, 0.1) is 17.8 Å². The molecule has 2 aromatic heterocycles. The van der Waals surface area contributed by atoms with E-state index in [0.717, 1.165) is 6.20 Å². The molecule has 0 fully saturated rings. The number of imidazole rings is 1. The molecule has 0 aliphatic rings. The van der Waals surface area contributed by atoms with Gasteiger partial charge in [-0.3, -0.25) is 0 Å². The average Bonchev–Trinajstić information content (AvgIpc) is 2.78. The molecule has 96 valence electrons. The molecule has 18 heavy (non-hydrogen) atoms. The molecule has 0 spiro atoms. The first kappa shape index (κ1) is 12.9. The third kappa shape index (κ3) is 2.47. The number of hydrogen-bond acceptors (Lipinski definition) is 3. The van der Waals surface area contributed by atoms with Gasteiger partial charge in [-0.2, -0.15) is 13.2 Å². The molecule has 0 aliphatic carbocycles. The number of alkyl halides is 3. The second-order valence-corrected chi connectivity index (χ2v) is 4.19. The normalized spacial score (nSPS) is 11.6. The summed E-state index contributed by atoms with van der Waals surface area (Å²) in [5.41, 5.74) is -0.647. The van der Waals surface area contributed by atoms with Gasteiger partial charge >= 0.3 is 6.18 Å². The highest BCUT2D eigenvalue weighted by Gasteiger charge is 2.33. The third-order valence-electron chi connectivity index (χ3n) is 2.13. The number of aromatic amines is 1. The van der Waals surface area contributed by atoms with E-state index < -0.39 is 11.9 Å². The van der Waals surface area contributed by atoms with E-state index in [9.17, 15) is 13.2 Å². The Morgan fingerprint density at radius 2 is 2.06 bits per heavy atom. The molecule has 0 bridgehead atoms. The summed E-state index contributed by atoms with van der Waals surface area (Å²) in [6, 6.07) is 3.16. The standard InChI is InChI=1S/C10H7BrF3N3O/c1-18-9-5(11)2-3-6(16-9)8-15-4-7(17-8)10(12,13)14/h2-4H,1H3,(H,15,17). The first-order valence-corrected chi connectivity index (χ1v) is 5.54. The predicted octanol–water partition coefficient (Wildman–Crippen LogP) is 3.26. The molecule has 4 nitrogen and oxygen atoms in total. The number of ether oxygens (including phenoxy) is 1. The molecule has 2 rings (SSSR count). The number of halogens is 4. The number of pyridine rings is 1. The van der Waals surface area contributed by atoms with E-state index in [1.807, 2.05) is 0 Å². The fourth-order valence-corrected chi connectivity index (χ4v) is 1.68. The molecule has 0 saturated heterocycles. The Morgan fingerprint density at radius 3 is 2.61 bits per heavy atom. The Labute approximate surface area is 108 Å². The van der Waals surface area contributed by atoms with Gasteiger partial charge in [-0.05, 0) is 28.1 Å². The van der Waals surface area contributed by atoms with Crippen molar-refractivity contribution in [2.45, 2.75) is 6.18 Å². The van der Waals surface area contributed by atoms with Crippen LogP contribution in [0.1, 0.15) is 5.69 Å². The molecule has 0 unspecified atom stereocenters. The van der Waals surface area contributed by atoms with E-state index in [1.54, 1.807) is 6.07 Å². The largest absolute Gasteiger partial charge is 0.480 e. The van der Waals surface area contributed by atoms with Crippen LogP contribution in [0.3, 0.4) is 0 Å². The minimum absolute atomic E-state index is 0.0353. The molecule has 0 amide bonds. The zero-order valence-corrected chi connectivity index (χ0v) is 10.6. The van der Waals surface area contributed by atoms with Crippen LogP contribution in [0.2, 0.25) is 0 Å². The molecular weight excluding hydrogens is 315 g/mol. The van der Waals surface area contributed by atoms with Crippen LogP contribution in [0.25, 0.3) is 11.5 Å². The summed E-state index contributed by atoms with van der Waals surface area (Å²) in [4.78, 5) is 9.85. The highest BCUT2D eigenvalue weighted by Crippen LogP contribution is 2.30. The third-order valence-corrected chi connectivity index (χ3v) is 2.73. The van der Waals surface area contributed by atoms with Crippen molar-refractivity contribution in [1.82, 2.24) is 15.0 Å². The monoisotopic (exact) mass is 321 g/mol.